The summed E-state index contributed by atoms with van der Waals surface area (Å²) in [6, 6.07) is 0. The third kappa shape index (κ3) is 5.56. The number of hydrogen-bond donors (Lipinski definition) is 2. The van der Waals surface area contributed by atoms with Gasteiger partial charge in [-0.3, -0.25) is 0 Å². The van der Waals surface area contributed by atoms with Crippen LogP contribution >= 0.6 is 0 Å². The van der Waals surface area contributed by atoms with E-state index in [9.17, 15) is 5.11 Å². The second kappa shape index (κ2) is 8.34. The zero-order valence-electron chi connectivity index (χ0n) is 12.1. The van der Waals surface area contributed by atoms with Crippen molar-refractivity contribution < 1.29 is 14.4 Å². The molecule has 1 aliphatic rings. The van der Waals surface area contributed by atoms with Gasteiger partial charge in [0.25, 0.3) is 0 Å². The van der Waals surface area contributed by atoms with Gasteiger partial charge in [-0.05, 0) is 18.8 Å². The highest BCUT2D eigenvalue weighted by atomic mass is 16.5. The van der Waals surface area contributed by atoms with Crippen molar-refractivity contribution in [1.29, 1.82) is 0 Å². The Kier molecular flexibility index (Phi) is 6.42. The van der Waals surface area contributed by atoms with E-state index < -0.39 is 6.10 Å². The molecular weight excluding hydrogens is 258 g/mol. The molecular formula is C14H25N3O3. The second-order valence-electron chi connectivity index (χ2n) is 5.68. The van der Waals surface area contributed by atoms with Crippen LogP contribution in [0.2, 0.25) is 0 Å². The third-order valence-corrected chi connectivity index (χ3v) is 3.72. The van der Waals surface area contributed by atoms with Crippen molar-refractivity contribution in [3.8, 4) is 0 Å². The van der Waals surface area contributed by atoms with Crippen molar-refractivity contribution >= 4 is 0 Å². The lowest BCUT2D eigenvalue weighted by Gasteiger charge is -2.27. The molecule has 0 bridgehead atoms. The molecule has 1 aromatic heterocycles. The first-order valence-corrected chi connectivity index (χ1v) is 7.49. The minimum Gasteiger partial charge on any atom is -0.389 e. The van der Waals surface area contributed by atoms with Gasteiger partial charge in [-0.2, -0.15) is 4.98 Å². The number of ether oxygens (including phenoxy) is 1. The van der Waals surface area contributed by atoms with Crippen LogP contribution in [0.1, 0.15) is 38.4 Å². The molecule has 0 radical (unpaired) electrons. The summed E-state index contributed by atoms with van der Waals surface area (Å²) < 4.78 is 10.4. The first-order valence-electron chi connectivity index (χ1n) is 7.49. The number of aliphatic hydroxyl groups is 1. The largest absolute Gasteiger partial charge is 0.389 e. The van der Waals surface area contributed by atoms with Gasteiger partial charge in [-0.1, -0.05) is 24.9 Å². The van der Waals surface area contributed by atoms with Crippen LogP contribution in [-0.2, 0) is 11.2 Å². The number of aromatic nitrogens is 2. The maximum absolute atomic E-state index is 9.87. The molecule has 3 atom stereocenters. The number of rotatable bonds is 8. The van der Waals surface area contributed by atoms with Gasteiger partial charge >= 0.3 is 0 Å². The zero-order chi connectivity index (χ0) is 14.2. The predicted octanol–water partition coefficient (Wildman–Crippen LogP) is 1.16. The summed E-state index contributed by atoms with van der Waals surface area (Å²) in [5.41, 5.74) is 0. The summed E-state index contributed by atoms with van der Waals surface area (Å²) in [6.45, 7) is 3.93. The highest BCUT2D eigenvalue weighted by Gasteiger charge is 2.20. The van der Waals surface area contributed by atoms with E-state index in [1.165, 1.54) is 19.2 Å². The minimum absolute atomic E-state index is 0.327. The zero-order valence-corrected chi connectivity index (χ0v) is 12.1. The lowest BCUT2D eigenvalue weighted by atomic mass is 9.89. The fourth-order valence-electron chi connectivity index (χ4n) is 2.61. The summed E-state index contributed by atoms with van der Waals surface area (Å²) >= 11 is 0. The summed E-state index contributed by atoms with van der Waals surface area (Å²) in [6.07, 6.45) is 6.68. The van der Waals surface area contributed by atoms with E-state index in [2.05, 4.69) is 26.9 Å². The maximum Gasteiger partial charge on any atom is 0.213 e. The summed E-state index contributed by atoms with van der Waals surface area (Å²) in [7, 11) is 0. The molecule has 0 amide bonds. The van der Waals surface area contributed by atoms with Crippen LogP contribution in [0.25, 0.3) is 0 Å². The summed E-state index contributed by atoms with van der Waals surface area (Å²) in [5, 5.41) is 16.8. The highest BCUT2D eigenvalue weighted by molar-refractivity contribution is 4.78. The van der Waals surface area contributed by atoms with Crippen molar-refractivity contribution in [3.05, 3.63) is 12.2 Å². The monoisotopic (exact) mass is 283 g/mol. The predicted molar refractivity (Wildman–Crippen MR) is 74.3 cm³/mol. The molecule has 1 aromatic rings. The van der Waals surface area contributed by atoms with Crippen molar-refractivity contribution in [3.63, 3.8) is 0 Å². The molecule has 1 heterocycles. The van der Waals surface area contributed by atoms with Crippen molar-refractivity contribution in [2.75, 3.05) is 19.7 Å². The Bertz CT molecular complexity index is 359. The van der Waals surface area contributed by atoms with E-state index in [-0.39, 0.29) is 0 Å². The normalized spacial score (nSPS) is 24.7. The van der Waals surface area contributed by atoms with Gasteiger partial charge in [-0.15, -0.1) is 0 Å². The smallest absolute Gasteiger partial charge is 0.213 e. The third-order valence-electron chi connectivity index (χ3n) is 3.72. The highest BCUT2D eigenvalue weighted by Crippen LogP contribution is 2.25. The quantitative estimate of drug-likeness (QED) is 0.697. The SMILES string of the molecule is CC1CCCC(OCC(O)CNCCc2ncon2)C1. The molecule has 6 nitrogen and oxygen atoms in total. The molecule has 2 rings (SSSR count). The first kappa shape index (κ1) is 15.4. The maximum atomic E-state index is 9.87. The second-order valence-corrected chi connectivity index (χ2v) is 5.68. The Labute approximate surface area is 119 Å². The molecule has 1 aliphatic carbocycles. The van der Waals surface area contributed by atoms with E-state index >= 15 is 0 Å². The lowest BCUT2D eigenvalue weighted by Crippen LogP contribution is -2.34. The molecule has 6 heteroatoms. The molecule has 1 fully saturated rings. The molecule has 114 valence electrons. The lowest BCUT2D eigenvalue weighted by molar-refractivity contribution is -0.0305. The molecule has 0 aliphatic heterocycles. The molecule has 0 aromatic carbocycles. The Morgan fingerprint density at radius 1 is 1.55 bits per heavy atom. The van der Waals surface area contributed by atoms with Gasteiger partial charge in [0, 0.05) is 19.5 Å². The average Bonchev–Trinajstić information content (AvgIpc) is 2.95. The molecule has 2 N–H and O–H groups in total. The Balaban J connectivity index is 1.50. The van der Waals surface area contributed by atoms with Crippen molar-refractivity contribution in [2.24, 2.45) is 5.92 Å². The van der Waals surface area contributed by atoms with Gasteiger partial charge < -0.3 is 19.7 Å². The number of aliphatic hydroxyl groups excluding tert-OH is 1. The van der Waals surface area contributed by atoms with Crippen LogP contribution in [-0.4, -0.2) is 47.2 Å². The van der Waals surface area contributed by atoms with E-state index in [1.807, 2.05) is 0 Å². The van der Waals surface area contributed by atoms with Crippen LogP contribution in [0.4, 0.5) is 0 Å². The van der Waals surface area contributed by atoms with E-state index in [0.29, 0.717) is 31.5 Å². The fourth-order valence-corrected chi connectivity index (χ4v) is 2.61. The van der Waals surface area contributed by atoms with Gasteiger partial charge in [0.05, 0.1) is 18.8 Å². The Morgan fingerprint density at radius 3 is 3.20 bits per heavy atom. The van der Waals surface area contributed by atoms with E-state index in [4.69, 9.17) is 4.74 Å². The van der Waals surface area contributed by atoms with Crippen LogP contribution in [0.15, 0.2) is 10.9 Å². The van der Waals surface area contributed by atoms with Crippen LogP contribution < -0.4 is 5.32 Å². The average molecular weight is 283 g/mol. The van der Waals surface area contributed by atoms with Crippen LogP contribution in [0, 0.1) is 5.92 Å². The van der Waals surface area contributed by atoms with E-state index in [0.717, 1.165) is 25.3 Å². The minimum atomic E-state index is -0.461. The first-order chi connectivity index (χ1) is 9.74. The number of nitrogens with zero attached hydrogens (tertiary/aromatic N) is 2. The summed E-state index contributed by atoms with van der Waals surface area (Å²) in [5.74, 6) is 1.43. The number of nitrogens with one attached hydrogen (secondary N) is 1. The van der Waals surface area contributed by atoms with Crippen LogP contribution in [0.5, 0.6) is 0 Å². The van der Waals surface area contributed by atoms with Crippen LogP contribution in [0.3, 0.4) is 0 Å². The van der Waals surface area contributed by atoms with Crippen molar-refractivity contribution in [2.45, 2.75) is 51.2 Å². The van der Waals surface area contributed by atoms with Gasteiger partial charge in [0.1, 0.15) is 0 Å². The molecule has 20 heavy (non-hydrogen) atoms. The fraction of sp³-hybridized carbons (Fsp3) is 0.857. The molecule has 1 saturated carbocycles. The van der Waals surface area contributed by atoms with Gasteiger partial charge in [0.15, 0.2) is 5.82 Å². The Hall–Kier alpha value is -0.980. The van der Waals surface area contributed by atoms with Crippen molar-refractivity contribution in [1.82, 2.24) is 15.5 Å². The molecule has 3 unspecified atom stereocenters. The Morgan fingerprint density at radius 2 is 2.45 bits per heavy atom. The molecule has 0 spiro atoms. The topological polar surface area (TPSA) is 80.4 Å². The van der Waals surface area contributed by atoms with Gasteiger partial charge in [0.2, 0.25) is 6.39 Å². The van der Waals surface area contributed by atoms with E-state index in [1.54, 1.807) is 0 Å². The van der Waals surface area contributed by atoms with Gasteiger partial charge in [-0.25, -0.2) is 0 Å². The molecule has 0 saturated heterocycles. The number of hydrogen-bond acceptors (Lipinski definition) is 6. The summed E-state index contributed by atoms with van der Waals surface area (Å²) in [4.78, 5) is 3.93. The standard InChI is InChI=1S/C14H25N3O3/c1-11-3-2-4-13(7-11)19-9-12(18)8-15-6-5-14-16-10-20-17-14/h10-13,15,18H,2-9H2,1H3.